The molecule has 25 heavy (non-hydrogen) atoms. The number of aryl methyl sites for hydroxylation is 1. The second kappa shape index (κ2) is 7.78. The highest BCUT2D eigenvalue weighted by molar-refractivity contribution is 5.92. The summed E-state index contributed by atoms with van der Waals surface area (Å²) in [6, 6.07) is 6.77. The van der Waals surface area contributed by atoms with Crippen molar-refractivity contribution >= 4 is 5.91 Å². The third-order valence-corrected chi connectivity index (χ3v) is 4.88. The van der Waals surface area contributed by atoms with Gasteiger partial charge >= 0.3 is 0 Å². The maximum Gasteiger partial charge on any atom is 0.272 e. The standard InChI is InChI=1S/C19H25FN4O/c1-3-18-21-12-17(22-18)19(25)24(15-8-10-23(2)11-9-15)13-14-6-4-5-7-16(14)20/h4-7,12,15H,3,8-11,13H2,1-2H3,(H,21,22). The average molecular weight is 344 g/mol. The van der Waals surface area contributed by atoms with Crippen LogP contribution in [0.2, 0.25) is 0 Å². The quantitative estimate of drug-likeness (QED) is 0.907. The number of hydrogen-bond acceptors (Lipinski definition) is 3. The summed E-state index contributed by atoms with van der Waals surface area (Å²) in [6.07, 6.45) is 4.12. The molecular weight excluding hydrogens is 319 g/mol. The van der Waals surface area contributed by atoms with Crippen LogP contribution in [0.1, 0.15) is 41.6 Å². The smallest absolute Gasteiger partial charge is 0.272 e. The first-order chi connectivity index (χ1) is 12.1. The second-order valence-corrected chi connectivity index (χ2v) is 6.66. The Labute approximate surface area is 147 Å². The molecule has 1 fully saturated rings. The first-order valence-electron chi connectivity index (χ1n) is 8.85. The largest absolute Gasteiger partial charge is 0.338 e. The number of nitrogens with zero attached hydrogens (tertiary/aromatic N) is 3. The molecule has 2 heterocycles. The zero-order valence-corrected chi connectivity index (χ0v) is 14.8. The van der Waals surface area contributed by atoms with Crippen molar-refractivity contribution in [3.63, 3.8) is 0 Å². The highest BCUT2D eigenvalue weighted by Gasteiger charge is 2.29. The van der Waals surface area contributed by atoms with Gasteiger partial charge in [0.2, 0.25) is 0 Å². The fourth-order valence-electron chi connectivity index (χ4n) is 3.29. The van der Waals surface area contributed by atoms with Crippen LogP contribution in [0.25, 0.3) is 0 Å². The maximum atomic E-state index is 14.1. The number of imidazole rings is 1. The topological polar surface area (TPSA) is 52.2 Å². The summed E-state index contributed by atoms with van der Waals surface area (Å²) in [5.74, 6) is 0.412. The lowest BCUT2D eigenvalue weighted by atomic mass is 10.0. The number of aromatic nitrogens is 2. The monoisotopic (exact) mass is 344 g/mol. The van der Waals surface area contributed by atoms with Crippen LogP contribution in [0.4, 0.5) is 4.39 Å². The number of nitrogens with one attached hydrogen (secondary N) is 1. The number of benzene rings is 1. The molecule has 0 bridgehead atoms. The molecule has 0 unspecified atom stereocenters. The summed E-state index contributed by atoms with van der Waals surface area (Å²) in [5.41, 5.74) is 1.03. The minimum Gasteiger partial charge on any atom is -0.338 e. The molecule has 1 amide bonds. The van der Waals surface area contributed by atoms with Gasteiger partial charge in [-0.15, -0.1) is 0 Å². The lowest BCUT2D eigenvalue weighted by molar-refractivity contribution is 0.0561. The van der Waals surface area contributed by atoms with Crippen molar-refractivity contribution in [2.45, 2.75) is 38.8 Å². The number of piperidine rings is 1. The zero-order valence-electron chi connectivity index (χ0n) is 14.8. The molecule has 1 N–H and O–H groups in total. The van der Waals surface area contributed by atoms with Crippen LogP contribution in [0, 0.1) is 5.82 Å². The van der Waals surface area contributed by atoms with E-state index in [1.54, 1.807) is 29.3 Å². The van der Waals surface area contributed by atoms with Crippen molar-refractivity contribution < 1.29 is 9.18 Å². The van der Waals surface area contributed by atoms with Crippen LogP contribution in [-0.4, -0.2) is 51.9 Å². The Kier molecular flexibility index (Phi) is 5.48. The van der Waals surface area contributed by atoms with E-state index >= 15 is 0 Å². The molecule has 1 aromatic carbocycles. The second-order valence-electron chi connectivity index (χ2n) is 6.66. The summed E-state index contributed by atoms with van der Waals surface area (Å²) in [4.78, 5) is 24.5. The van der Waals surface area contributed by atoms with Gasteiger partial charge in [-0.2, -0.15) is 0 Å². The third kappa shape index (κ3) is 4.07. The average Bonchev–Trinajstić information content (AvgIpc) is 3.11. The van der Waals surface area contributed by atoms with Gasteiger partial charge in [-0.25, -0.2) is 9.37 Å². The number of hydrogen-bond donors (Lipinski definition) is 1. The Morgan fingerprint density at radius 1 is 1.36 bits per heavy atom. The van der Waals surface area contributed by atoms with Crippen molar-refractivity contribution in [1.82, 2.24) is 19.8 Å². The minimum absolute atomic E-state index is 0.106. The molecule has 1 saturated heterocycles. The number of carbonyl (C=O) groups is 1. The molecule has 0 radical (unpaired) electrons. The molecule has 5 nitrogen and oxygen atoms in total. The highest BCUT2D eigenvalue weighted by atomic mass is 19.1. The van der Waals surface area contributed by atoms with Gasteiger partial charge in [0.25, 0.3) is 5.91 Å². The van der Waals surface area contributed by atoms with E-state index in [-0.39, 0.29) is 24.3 Å². The Bertz CT molecular complexity index is 722. The highest BCUT2D eigenvalue weighted by Crippen LogP contribution is 2.21. The Morgan fingerprint density at radius 3 is 2.72 bits per heavy atom. The molecule has 0 spiro atoms. The van der Waals surface area contributed by atoms with E-state index in [0.717, 1.165) is 38.2 Å². The van der Waals surface area contributed by atoms with Crippen LogP contribution in [0.5, 0.6) is 0 Å². The van der Waals surface area contributed by atoms with E-state index in [4.69, 9.17) is 0 Å². The number of H-pyrrole nitrogens is 1. The number of amides is 1. The fraction of sp³-hybridized carbons (Fsp3) is 0.474. The van der Waals surface area contributed by atoms with E-state index < -0.39 is 0 Å². The summed E-state index contributed by atoms with van der Waals surface area (Å²) in [7, 11) is 2.08. The summed E-state index contributed by atoms with van der Waals surface area (Å²) in [6.45, 7) is 4.14. The number of rotatable bonds is 5. The van der Waals surface area contributed by atoms with E-state index in [1.165, 1.54) is 6.07 Å². The van der Waals surface area contributed by atoms with Crippen molar-refractivity contribution in [1.29, 1.82) is 0 Å². The maximum absolute atomic E-state index is 14.1. The van der Waals surface area contributed by atoms with Crippen molar-refractivity contribution in [2.75, 3.05) is 20.1 Å². The lowest BCUT2D eigenvalue weighted by Crippen LogP contribution is -2.46. The normalized spacial score (nSPS) is 16.1. The first-order valence-corrected chi connectivity index (χ1v) is 8.85. The van der Waals surface area contributed by atoms with Crippen molar-refractivity contribution in [2.24, 2.45) is 0 Å². The molecule has 0 saturated carbocycles. The van der Waals surface area contributed by atoms with E-state index in [2.05, 4.69) is 21.9 Å². The molecule has 3 rings (SSSR count). The predicted octanol–water partition coefficient (Wildman–Crippen LogP) is 2.85. The molecule has 1 aromatic heterocycles. The molecule has 0 atom stereocenters. The molecule has 6 heteroatoms. The van der Waals surface area contributed by atoms with E-state index in [0.29, 0.717) is 11.3 Å². The van der Waals surface area contributed by atoms with Gasteiger partial charge in [0.1, 0.15) is 17.3 Å². The number of carbonyl (C=O) groups excluding carboxylic acids is 1. The SMILES string of the molecule is CCc1ncc(C(=O)N(Cc2ccccc2F)C2CCN(C)CC2)[nH]1. The lowest BCUT2D eigenvalue weighted by Gasteiger charge is -2.37. The number of aromatic amines is 1. The summed E-state index contributed by atoms with van der Waals surface area (Å²) < 4.78 is 14.1. The van der Waals surface area contributed by atoms with Crippen LogP contribution in [-0.2, 0) is 13.0 Å². The molecule has 1 aliphatic heterocycles. The Balaban J connectivity index is 1.85. The third-order valence-electron chi connectivity index (χ3n) is 4.88. The predicted molar refractivity (Wildman–Crippen MR) is 94.8 cm³/mol. The van der Waals surface area contributed by atoms with Crippen molar-refractivity contribution in [3.8, 4) is 0 Å². The van der Waals surface area contributed by atoms with Crippen LogP contribution < -0.4 is 0 Å². The van der Waals surface area contributed by atoms with Gasteiger partial charge in [0.15, 0.2) is 0 Å². The molecule has 1 aliphatic rings. The van der Waals surface area contributed by atoms with Crippen molar-refractivity contribution in [3.05, 3.63) is 53.4 Å². The van der Waals surface area contributed by atoms with E-state index in [1.807, 2.05) is 6.92 Å². The van der Waals surface area contributed by atoms with Gasteiger partial charge in [-0.3, -0.25) is 4.79 Å². The van der Waals surface area contributed by atoms with Gasteiger partial charge in [0.05, 0.1) is 6.20 Å². The number of likely N-dealkylation sites (tertiary alicyclic amines) is 1. The Morgan fingerprint density at radius 2 is 2.08 bits per heavy atom. The molecule has 2 aromatic rings. The van der Waals surface area contributed by atoms with Crippen LogP contribution in [0.15, 0.2) is 30.5 Å². The molecule has 0 aliphatic carbocycles. The fourth-order valence-corrected chi connectivity index (χ4v) is 3.29. The number of halogens is 1. The Hall–Kier alpha value is -2.21. The van der Waals surface area contributed by atoms with Gasteiger partial charge in [-0.1, -0.05) is 25.1 Å². The summed E-state index contributed by atoms with van der Waals surface area (Å²) >= 11 is 0. The minimum atomic E-state index is -0.271. The van der Waals surface area contributed by atoms with E-state index in [9.17, 15) is 9.18 Å². The van der Waals surface area contributed by atoms with Gasteiger partial charge < -0.3 is 14.8 Å². The van der Waals surface area contributed by atoms with Crippen LogP contribution in [0.3, 0.4) is 0 Å². The van der Waals surface area contributed by atoms with Gasteiger partial charge in [0, 0.05) is 24.6 Å². The first kappa shape index (κ1) is 17.6. The summed E-state index contributed by atoms with van der Waals surface area (Å²) in [5, 5.41) is 0. The zero-order chi connectivity index (χ0) is 17.8. The molecular formula is C19H25FN4O. The van der Waals surface area contributed by atoms with Crippen LogP contribution >= 0.6 is 0 Å². The van der Waals surface area contributed by atoms with Gasteiger partial charge in [-0.05, 0) is 39.0 Å². The molecule has 134 valence electrons.